The minimum absolute atomic E-state index is 0.245. The van der Waals surface area contributed by atoms with Crippen molar-refractivity contribution in [1.29, 1.82) is 0 Å². The van der Waals surface area contributed by atoms with Crippen molar-refractivity contribution in [1.82, 2.24) is 0 Å². The lowest BCUT2D eigenvalue weighted by atomic mass is 10.3. The Hall–Kier alpha value is -2.23. The number of hydrogen-bond acceptors (Lipinski definition) is 3. The number of aliphatic imine (C=N–C) groups is 1. The smallest absolute Gasteiger partial charge is 0.145 e. The number of methoxy groups -OCH3 is 1. The van der Waals surface area contributed by atoms with E-state index in [1.165, 1.54) is 0 Å². The summed E-state index contributed by atoms with van der Waals surface area (Å²) in [5.74, 6) is 1.93. The molecule has 0 bridgehead atoms. The lowest BCUT2D eigenvalue weighted by molar-refractivity contribution is 0.372. The van der Waals surface area contributed by atoms with Gasteiger partial charge in [0.15, 0.2) is 0 Å². The number of nitrogens with zero attached hydrogens (tertiary/aromatic N) is 1. The van der Waals surface area contributed by atoms with Crippen molar-refractivity contribution in [2.75, 3.05) is 13.7 Å². The summed E-state index contributed by atoms with van der Waals surface area (Å²) in [4.78, 5) is 4.15. The second-order valence-electron chi connectivity index (χ2n) is 3.61. The van der Waals surface area contributed by atoms with Gasteiger partial charge in [-0.1, -0.05) is 12.7 Å². The third-order valence-corrected chi connectivity index (χ3v) is 2.13. The second kappa shape index (κ2) is 7.17. The molecule has 18 heavy (non-hydrogen) atoms. The third kappa shape index (κ3) is 4.74. The fraction of sp³-hybridized carbons (Fsp3) is 0.214. The zero-order valence-electron chi connectivity index (χ0n) is 10.7. The molecule has 0 aliphatic heterocycles. The average molecular weight is 246 g/mol. The van der Waals surface area contributed by atoms with Gasteiger partial charge in [0.25, 0.3) is 0 Å². The predicted molar refractivity (Wildman–Crippen MR) is 74.1 cm³/mol. The lowest BCUT2D eigenvalue weighted by Gasteiger charge is -2.06. The standard InChI is InChI=1S/C14H18N2O2/c1-4-5-11(2)16-14(15)10-18-13-8-6-12(17-3)7-9-13/h4-9H,1,10H2,2-3H3,(H2,15,16)/b11-5-. The van der Waals surface area contributed by atoms with E-state index < -0.39 is 0 Å². The van der Waals surface area contributed by atoms with Gasteiger partial charge >= 0.3 is 0 Å². The molecule has 0 spiro atoms. The maximum absolute atomic E-state index is 5.73. The van der Waals surface area contributed by atoms with Crippen molar-refractivity contribution in [2.45, 2.75) is 6.92 Å². The number of hydrogen-bond donors (Lipinski definition) is 1. The molecular weight excluding hydrogens is 228 g/mol. The van der Waals surface area contributed by atoms with Crippen molar-refractivity contribution < 1.29 is 9.47 Å². The van der Waals surface area contributed by atoms with Gasteiger partial charge in [0, 0.05) is 5.70 Å². The average Bonchev–Trinajstić information content (AvgIpc) is 2.37. The van der Waals surface area contributed by atoms with E-state index in [2.05, 4.69) is 11.6 Å². The molecule has 0 amide bonds. The molecule has 0 unspecified atom stereocenters. The van der Waals surface area contributed by atoms with E-state index in [1.807, 2.05) is 31.2 Å². The van der Waals surface area contributed by atoms with Crippen LogP contribution in [0.25, 0.3) is 0 Å². The molecule has 1 aromatic carbocycles. The van der Waals surface area contributed by atoms with E-state index in [0.29, 0.717) is 5.84 Å². The molecule has 0 atom stereocenters. The maximum Gasteiger partial charge on any atom is 0.145 e. The number of rotatable bonds is 6. The minimum Gasteiger partial charge on any atom is -0.497 e. The van der Waals surface area contributed by atoms with Gasteiger partial charge in [-0.25, -0.2) is 4.99 Å². The lowest BCUT2D eigenvalue weighted by Crippen LogP contribution is -2.21. The van der Waals surface area contributed by atoms with Gasteiger partial charge in [0.2, 0.25) is 0 Å². The van der Waals surface area contributed by atoms with Gasteiger partial charge in [-0.3, -0.25) is 0 Å². The highest BCUT2D eigenvalue weighted by Gasteiger charge is 1.97. The van der Waals surface area contributed by atoms with E-state index in [9.17, 15) is 0 Å². The van der Waals surface area contributed by atoms with Crippen LogP contribution in [0.15, 0.2) is 53.7 Å². The number of benzene rings is 1. The number of ether oxygens (including phenoxy) is 2. The van der Waals surface area contributed by atoms with Crippen LogP contribution in [-0.2, 0) is 0 Å². The Balaban J connectivity index is 2.53. The minimum atomic E-state index is 0.245. The molecule has 1 rings (SSSR count). The Labute approximate surface area is 107 Å². The van der Waals surface area contributed by atoms with E-state index in [-0.39, 0.29) is 6.61 Å². The van der Waals surface area contributed by atoms with Crippen molar-refractivity contribution in [3.8, 4) is 11.5 Å². The summed E-state index contributed by atoms with van der Waals surface area (Å²) in [6.07, 6.45) is 3.44. The topological polar surface area (TPSA) is 56.8 Å². The van der Waals surface area contributed by atoms with Gasteiger partial charge in [0.05, 0.1) is 7.11 Å². The van der Waals surface area contributed by atoms with Crippen molar-refractivity contribution in [3.63, 3.8) is 0 Å². The van der Waals surface area contributed by atoms with Crippen LogP contribution in [0.2, 0.25) is 0 Å². The quantitative estimate of drug-likeness (QED) is 0.476. The molecule has 0 saturated carbocycles. The molecule has 4 heteroatoms. The maximum atomic E-state index is 5.73. The third-order valence-electron chi connectivity index (χ3n) is 2.13. The zero-order valence-corrected chi connectivity index (χ0v) is 10.7. The fourth-order valence-corrected chi connectivity index (χ4v) is 1.30. The largest absolute Gasteiger partial charge is 0.497 e. The number of allylic oxidation sites excluding steroid dienone is 3. The first-order valence-corrected chi connectivity index (χ1v) is 5.55. The highest BCUT2D eigenvalue weighted by atomic mass is 16.5. The van der Waals surface area contributed by atoms with Gasteiger partial charge < -0.3 is 15.2 Å². The van der Waals surface area contributed by atoms with Crippen LogP contribution in [0.3, 0.4) is 0 Å². The van der Waals surface area contributed by atoms with Gasteiger partial charge in [0.1, 0.15) is 23.9 Å². The first-order chi connectivity index (χ1) is 8.65. The van der Waals surface area contributed by atoms with Crippen molar-refractivity contribution in [2.24, 2.45) is 10.7 Å². The van der Waals surface area contributed by atoms with E-state index >= 15 is 0 Å². The first kappa shape index (κ1) is 13.8. The van der Waals surface area contributed by atoms with Crippen LogP contribution in [0, 0.1) is 0 Å². The van der Waals surface area contributed by atoms with Crippen molar-refractivity contribution >= 4 is 5.84 Å². The molecule has 96 valence electrons. The van der Waals surface area contributed by atoms with E-state index in [4.69, 9.17) is 15.2 Å². The van der Waals surface area contributed by atoms with Crippen LogP contribution >= 0.6 is 0 Å². The Bertz CT molecular complexity index is 447. The van der Waals surface area contributed by atoms with Gasteiger partial charge in [-0.2, -0.15) is 0 Å². The Morgan fingerprint density at radius 2 is 1.94 bits per heavy atom. The Morgan fingerprint density at radius 1 is 1.33 bits per heavy atom. The normalized spacial score (nSPS) is 12.1. The molecule has 0 fully saturated rings. The Morgan fingerprint density at radius 3 is 2.50 bits per heavy atom. The summed E-state index contributed by atoms with van der Waals surface area (Å²) in [6.45, 7) is 5.68. The monoisotopic (exact) mass is 246 g/mol. The number of amidine groups is 1. The molecule has 1 aromatic rings. The molecule has 0 heterocycles. The molecule has 0 radical (unpaired) electrons. The second-order valence-corrected chi connectivity index (χ2v) is 3.61. The van der Waals surface area contributed by atoms with Gasteiger partial charge in [-0.15, -0.1) is 0 Å². The van der Waals surface area contributed by atoms with Crippen LogP contribution in [0.4, 0.5) is 0 Å². The Kier molecular flexibility index (Phi) is 5.51. The first-order valence-electron chi connectivity index (χ1n) is 5.55. The molecule has 0 saturated heterocycles. The van der Waals surface area contributed by atoms with E-state index in [0.717, 1.165) is 17.2 Å². The molecule has 4 nitrogen and oxygen atoms in total. The molecular formula is C14H18N2O2. The summed E-state index contributed by atoms with van der Waals surface area (Å²) >= 11 is 0. The summed E-state index contributed by atoms with van der Waals surface area (Å²) < 4.78 is 10.5. The van der Waals surface area contributed by atoms with Gasteiger partial charge in [-0.05, 0) is 37.3 Å². The molecule has 0 aliphatic rings. The highest BCUT2D eigenvalue weighted by Crippen LogP contribution is 2.16. The molecule has 2 N–H and O–H groups in total. The predicted octanol–water partition coefficient (Wildman–Crippen LogP) is 2.52. The van der Waals surface area contributed by atoms with Crippen LogP contribution in [-0.4, -0.2) is 19.6 Å². The zero-order chi connectivity index (χ0) is 13.4. The summed E-state index contributed by atoms with van der Waals surface area (Å²) in [5, 5.41) is 0. The summed E-state index contributed by atoms with van der Waals surface area (Å²) in [7, 11) is 1.62. The summed E-state index contributed by atoms with van der Waals surface area (Å²) in [6, 6.07) is 7.29. The van der Waals surface area contributed by atoms with Crippen LogP contribution < -0.4 is 15.2 Å². The number of nitrogens with two attached hydrogens (primary N) is 1. The summed E-state index contributed by atoms with van der Waals surface area (Å²) in [5.41, 5.74) is 6.53. The highest BCUT2D eigenvalue weighted by molar-refractivity contribution is 5.82. The van der Waals surface area contributed by atoms with Crippen LogP contribution in [0.1, 0.15) is 6.92 Å². The SMILES string of the molecule is C=C/C=C(C)\N=C(/N)COc1ccc(OC)cc1. The van der Waals surface area contributed by atoms with E-state index in [1.54, 1.807) is 19.3 Å². The fourth-order valence-electron chi connectivity index (χ4n) is 1.30. The molecule has 0 aromatic heterocycles. The van der Waals surface area contributed by atoms with Crippen LogP contribution in [0.5, 0.6) is 11.5 Å². The van der Waals surface area contributed by atoms with Crippen molar-refractivity contribution in [3.05, 3.63) is 48.7 Å². The molecule has 0 aliphatic carbocycles.